The fourth-order valence-electron chi connectivity index (χ4n) is 2.80. The second-order valence-corrected chi connectivity index (χ2v) is 5.23. The Labute approximate surface area is 116 Å². The molecule has 1 aliphatic heterocycles. The number of hydrogen-bond acceptors (Lipinski definition) is 3. The first kappa shape index (κ1) is 14.0. The molecule has 19 heavy (non-hydrogen) atoms. The average Bonchev–Trinajstić information content (AvgIpc) is 2.98. The molecule has 0 amide bonds. The normalized spacial score (nSPS) is 20.4. The molecule has 3 heteroatoms. The van der Waals surface area contributed by atoms with Crippen LogP contribution in [0.3, 0.4) is 0 Å². The van der Waals surface area contributed by atoms with Gasteiger partial charge in [-0.25, -0.2) is 0 Å². The third kappa shape index (κ3) is 3.79. The van der Waals surface area contributed by atoms with E-state index in [1.54, 1.807) is 0 Å². The monoisotopic (exact) mass is 257 g/mol. The standard InChI is InChI=1S/C16H23N3/c1-2-10-19(16-8-9-18-12-16)13-15(11-17)14-6-4-3-5-7-14/h3-7,15-16,18H,2,8-10,12-13H2,1H3. The van der Waals surface area contributed by atoms with Crippen LogP contribution in [0.15, 0.2) is 30.3 Å². The van der Waals surface area contributed by atoms with Gasteiger partial charge >= 0.3 is 0 Å². The van der Waals surface area contributed by atoms with Crippen LogP contribution in [-0.2, 0) is 0 Å². The summed E-state index contributed by atoms with van der Waals surface area (Å²) in [5, 5.41) is 12.9. The second kappa shape index (κ2) is 7.28. The van der Waals surface area contributed by atoms with Crippen LogP contribution in [0.5, 0.6) is 0 Å². The molecule has 2 rings (SSSR count). The Kier molecular flexibility index (Phi) is 5.38. The molecule has 1 aromatic carbocycles. The highest BCUT2D eigenvalue weighted by Gasteiger charge is 2.24. The van der Waals surface area contributed by atoms with E-state index in [4.69, 9.17) is 0 Å². The van der Waals surface area contributed by atoms with Crippen molar-refractivity contribution in [2.24, 2.45) is 0 Å². The lowest BCUT2D eigenvalue weighted by atomic mass is 9.99. The van der Waals surface area contributed by atoms with Crippen molar-refractivity contribution in [3.63, 3.8) is 0 Å². The fourth-order valence-corrected chi connectivity index (χ4v) is 2.80. The van der Waals surface area contributed by atoms with Crippen molar-refractivity contribution in [3.05, 3.63) is 35.9 Å². The van der Waals surface area contributed by atoms with Crippen LogP contribution in [0.2, 0.25) is 0 Å². The Bertz CT molecular complexity index is 404. The summed E-state index contributed by atoms with van der Waals surface area (Å²) in [7, 11) is 0. The summed E-state index contributed by atoms with van der Waals surface area (Å²) in [6.45, 7) is 6.30. The van der Waals surface area contributed by atoms with Gasteiger partial charge in [-0.15, -0.1) is 0 Å². The average molecular weight is 257 g/mol. The lowest BCUT2D eigenvalue weighted by molar-refractivity contribution is 0.204. The zero-order valence-electron chi connectivity index (χ0n) is 11.7. The van der Waals surface area contributed by atoms with Crippen molar-refractivity contribution < 1.29 is 0 Å². The van der Waals surface area contributed by atoms with Crippen LogP contribution in [0.4, 0.5) is 0 Å². The van der Waals surface area contributed by atoms with Crippen LogP contribution in [0, 0.1) is 11.3 Å². The van der Waals surface area contributed by atoms with Gasteiger partial charge < -0.3 is 5.32 Å². The van der Waals surface area contributed by atoms with Gasteiger partial charge in [0.05, 0.1) is 12.0 Å². The molecule has 0 aliphatic carbocycles. The van der Waals surface area contributed by atoms with E-state index >= 15 is 0 Å². The summed E-state index contributed by atoms with van der Waals surface area (Å²) >= 11 is 0. The minimum atomic E-state index is -0.0200. The van der Waals surface area contributed by atoms with E-state index in [1.165, 1.54) is 6.42 Å². The summed E-state index contributed by atoms with van der Waals surface area (Å²) in [6.07, 6.45) is 2.34. The molecular weight excluding hydrogens is 234 g/mol. The van der Waals surface area contributed by atoms with Gasteiger partial charge in [0.15, 0.2) is 0 Å². The molecule has 1 aliphatic rings. The van der Waals surface area contributed by atoms with Crippen LogP contribution in [-0.4, -0.2) is 37.1 Å². The Hall–Kier alpha value is -1.37. The van der Waals surface area contributed by atoms with Gasteiger partial charge in [-0.05, 0) is 31.5 Å². The highest BCUT2D eigenvalue weighted by molar-refractivity contribution is 5.25. The molecular formula is C16H23N3. The molecule has 102 valence electrons. The number of nitrogens with one attached hydrogen (secondary N) is 1. The lowest BCUT2D eigenvalue weighted by Gasteiger charge is -2.29. The zero-order chi connectivity index (χ0) is 13.5. The highest BCUT2D eigenvalue weighted by Crippen LogP contribution is 2.19. The summed E-state index contributed by atoms with van der Waals surface area (Å²) in [6, 6.07) is 13.2. The van der Waals surface area contributed by atoms with Crippen LogP contribution >= 0.6 is 0 Å². The molecule has 0 saturated carbocycles. The predicted octanol–water partition coefficient (Wildman–Crippen LogP) is 2.37. The van der Waals surface area contributed by atoms with Gasteiger partial charge in [0.1, 0.15) is 0 Å². The van der Waals surface area contributed by atoms with Gasteiger partial charge in [0.25, 0.3) is 0 Å². The minimum Gasteiger partial charge on any atom is -0.315 e. The van der Waals surface area contributed by atoms with E-state index in [2.05, 4.69) is 35.3 Å². The maximum atomic E-state index is 9.45. The van der Waals surface area contributed by atoms with Crippen molar-refractivity contribution in [2.45, 2.75) is 31.7 Å². The van der Waals surface area contributed by atoms with E-state index < -0.39 is 0 Å². The van der Waals surface area contributed by atoms with Crippen molar-refractivity contribution in [3.8, 4) is 6.07 Å². The summed E-state index contributed by atoms with van der Waals surface area (Å²) in [5.41, 5.74) is 1.14. The lowest BCUT2D eigenvalue weighted by Crippen LogP contribution is -2.40. The fraction of sp³-hybridized carbons (Fsp3) is 0.562. The summed E-state index contributed by atoms with van der Waals surface area (Å²) < 4.78 is 0. The Balaban J connectivity index is 2.04. The topological polar surface area (TPSA) is 39.1 Å². The number of rotatable bonds is 6. The smallest absolute Gasteiger partial charge is 0.0839 e. The van der Waals surface area contributed by atoms with Crippen LogP contribution < -0.4 is 5.32 Å². The summed E-state index contributed by atoms with van der Waals surface area (Å²) in [5.74, 6) is -0.0200. The van der Waals surface area contributed by atoms with E-state index in [0.29, 0.717) is 6.04 Å². The largest absolute Gasteiger partial charge is 0.315 e. The van der Waals surface area contributed by atoms with Gasteiger partial charge in [0, 0.05) is 19.1 Å². The van der Waals surface area contributed by atoms with Gasteiger partial charge in [0.2, 0.25) is 0 Å². The van der Waals surface area contributed by atoms with Gasteiger partial charge in [-0.3, -0.25) is 4.90 Å². The third-order valence-electron chi connectivity index (χ3n) is 3.84. The molecule has 1 aromatic rings. The van der Waals surface area contributed by atoms with Crippen molar-refractivity contribution in [2.75, 3.05) is 26.2 Å². The van der Waals surface area contributed by atoms with Crippen molar-refractivity contribution in [1.29, 1.82) is 5.26 Å². The molecule has 2 atom stereocenters. The number of hydrogen-bond donors (Lipinski definition) is 1. The first-order valence-electron chi connectivity index (χ1n) is 7.24. The molecule has 0 radical (unpaired) electrons. The Morgan fingerprint density at radius 1 is 1.42 bits per heavy atom. The van der Waals surface area contributed by atoms with E-state index in [-0.39, 0.29) is 5.92 Å². The first-order valence-corrected chi connectivity index (χ1v) is 7.24. The molecule has 0 aromatic heterocycles. The summed E-state index contributed by atoms with van der Waals surface area (Å²) in [4.78, 5) is 2.49. The maximum Gasteiger partial charge on any atom is 0.0839 e. The highest BCUT2D eigenvalue weighted by atomic mass is 15.2. The SMILES string of the molecule is CCCN(CC(C#N)c1ccccc1)C1CCNC1. The number of nitrogens with zero attached hydrogens (tertiary/aromatic N) is 2. The molecule has 1 fully saturated rings. The second-order valence-electron chi connectivity index (χ2n) is 5.23. The molecule has 1 N–H and O–H groups in total. The van der Waals surface area contributed by atoms with E-state index in [1.807, 2.05) is 18.2 Å². The Morgan fingerprint density at radius 2 is 2.21 bits per heavy atom. The third-order valence-corrected chi connectivity index (χ3v) is 3.84. The van der Waals surface area contributed by atoms with Gasteiger partial charge in [-0.2, -0.15) is 5.26 Å². The first-order chi connectivity index (χ1) is 9.35. The van der Waals surface area contributed by atoms with Crippen LogP contribution in [0.1, 0.15) is 31.2 Å². The van der Waals surface area contributed by atoms with E-state index in [0.717, 1.165) is 38.2 Å². The minimum absolute atomic E-state index is 0.0200. The molecule has 3 nitrogen and oxygen atoms in total. The quantitative estimate of drug-likeness (QED) is 0.850. The molecule has 1 heterocycles. The molecule has 0 bridgehead atoms. The van der Waals surface area contributed by atoms with Crippen LogP contribution in [0.25, 0.3) is 0 Å². The molecule has 0 spiro atoms. The van der Waals surface area contributed by atoms with E-state index in [9.17, 15) is 5.26 Å². The Morgan fingerprint density at radius 3 is 2.79 bits per heavy atom. The molecule has 2 unspecified atom stereocenters. The predicted molar refractivity (Wildman–Crippen MR) is 77.9 cm³/mol. The number of nitriles is 1. The molecule has 1 saturated heterocycles. The van der Waals surface area contributed by atoms with Crippen molar-refractivity contribution >= 4 is 0 Å². The van der Waals surface area contributed by atoms with Crippen molar-refractivity contribution in [1.82, 2.24) is 10.2 Å². The number of benzene rings is 1. The maximum absolute atomic E-state index is 9.45. The zero-order valence-corrected chi connectivity index (χ0v) is 11.7. The van der Waals surface area contributed by atoms with Gasteiger partial charge in [-0.1, -0.05) is 37.3 Å².